The van der Waals surface area contributed by atoms with Gasteiger partial charge in [0.25, 0.3) is 10.0 Å². The first-order valence-electron chi connectivity index (χ1n) is 12.0. The highest BCUT2D eigenvalue weighted by Gasteiger charge is 2.33. The molecule has 3 aromatic heterocycles. The van der Waals surface area contributed by atoms with E-state index >= 15 is 0 Å². The minimum absolute atomic E-state index is 0.0435. The zero-order chi connectivity index (χ0) is 26.7. The second kappa shape index (κ2) is 9.16. The predicted octanol–water partition coefficient (Wildman–Crippen LogP) is 3.89. The molecule has 1 saturated carbocycles. The Morgan fingerprint density at radius 1 is 0.974 bits per heavy atom. The number of hydrogen-bond acceptors (Lipinski definition) is 7. The summed E-state index contributed by atoms with van der Waals surface area (Å²) in [6.07, 6.45) is 4.78. The topological polar surface area (TPSA) is 128 Å². The first-order chi connectivity index (χ1) is 18.1. The van der Waals surface area contributed by atoms with Crippen molar-refractivity contribution in [2.24, 2.45) is 0 Å². The zero-order valence-corrected chi connectivity index (χ0v) is 22.6. The molecule has 0 saturated heterocycles. The maximum Gasteiger partial charge on any atom is 0.269 e. The number of hydrogen-bond donors (Lipinski definition) is 1. The predicted molar refractivity (Wildman–Crippen MR) is 142 cm³/mol. The van der Waals surface area contributed by atoms with Crippen LogP contribution >= 0.6 is 11.6 Å². The Balaban J connectivity index is 1.33. The molecule has 1 fully saturated rings. The minimum atomic E-state index is -3.87. The lowest BCUT2D eigenvalue weighted by Crippen LogP contribution is -2.33. The van der Waals surface area contributed by atoms with Crippen molar-refractivity contribution in [2.45, 2.75) is 47.9 Å². The first kappa shape index (κ1) is 25.0. The zero-order valence-electron chi connectivity index (χ0n) is 20.2. The molecule has 38 heavy (non-hydrogen) atoms. The molecule has 2 atom stereocenters. The molecule has 0 radical (unpaired) electrons. The number of halogens is 1. The normalized spacial score (nSPS) is 18.5. The highest BCUT2D eigenvalue weighted by Crippen LogP contribution is 2.36. The Morgan fingerprint density at radius 3 is 2.50 bits per heavy atom. The van der Waals surface area contributed by atoms with Gasteiger partial charge in [-0.1, -0.05) is 41.4 Å². The number of fused-ring (bicyclic) bond motifs is 3. The summed E-state index contributed by atoms with van der Waals surface area (Å²) in [5, 5.41) is 8.80. The van der Waals surface area contributed by atoms with E-state index in [1.807, 2.05) is 6.92 Å². The quantitative estimate of drug-likeness (QED) is 0.328. The summed E-state index contributed by atoms with van der Waals surface area (Å²) >= 11 is 6.11. The number of rotatable bonds is 6. The van der Waals surface area contributed by atoms with Crippen LogP contribution in [0.25, 0.3) is 16.8 Å². The van der Waals surface area contributed by atoms with Crippen LogP contribution in [0, 0.1) is 6.92 Å². The van der Waals surface area contributed by atoms with Crippen molar-refractivity contribution in [3.8, 4) is 0 Å². The molecular weight excluding hydrogens is 548 g/mol. The van der Waals surface area contributed by atoms with Crippen LogP contribution < -0.4 is 4.72 Å². The number of sulfonamides is 1. The van der Waals surface area contributed by atoms with Gasteiger partial charge in [-0.3, -0.25) is 4.40 Å². The van der Waals surface area contributed by atoms with Crippen molar-refractivity contribution < 1.29 is 16.8 Å². The Labute approximate surface area is 224 Å². The largest absolute Gasteiger partial charge is 0.274 e. The van der Waals surface area contributed by atoms with Gasteiger partial charge < -0.3 is 0 Å². The van der Waals surface area contributed by atoms with E-state index in [2.05, 4.69) is 19.9 Å². The molecule has 6 rings (SSSR count). The lowest BCUT2D eigenvalue weighted by Gasteiger charge is -2.14. The Bertz CT molecular complexity index is 1900. The number of benzene rings is 2. The van der Waals surface area contributed by atoms with Gasteiger partial charge in [0.05, 0.1) is 21.6 Å². The molecule has 196 valence electrons. The number of aryl methyl sites for hydroxylation is 1. The second-order valence-corrected chi connectivity index (χ2v) is 13.3. The van der Waals surface area contributed by atoms with Gasteiger partial charge in [0.1, 0.15) is 10.7 Å². The molecule has 2 aromatic carbocycles. The maximum absolute atomic E-state index is 13.4. The summed E-state index contributed by atoms with van der Waals surface area (Å²) in [4.78, 5) is 4.59. The van der Waals surface area contributed by atoms with Crippen LogP contribution in [0.5, 0.6) is 0 Å². The van der Waals surface area contributed by atoms with Gasteiger partial charge in [-0.25, -0.2) is 30.5 Å². The number of nitrogens with one attached hydrogen (secondary N) is 1. The smallest absolute Gasteiger partial charge is 0.269 e. The fraction of sp³-hybridized carbons (Fsp3) is 0.240. The van der Waals surface area contributed by atoms with Crippen molar-refractivity contribution in [3.05, 3.63) is 83.4 Å². The Morgan fingerprint density at radius 2 is 1.74 bits per heavy atom. The molecule has 0 spiro atoms. The number of aromatic nitrogens is 5. The first-order valence-corrected chi connectivity index (χ1v) is 15.3. The third kappa shape index (κ3) is 4.17. The molecular formula is C25H23ClN6O4S2. The molecule has 0 unspecified atom stereocenters. The molecule has 1 N–H and O–H groups in total. The summed E-state index contributed by atoms with van der Waals surface area (Å²) in [6, 6.07) is 14.3. The van der Waals surface area contributed by atoms with Crippen molar-refractivity contribution in [2.75, 3.05) is 0 Å². The summed E-state index contributed by atoms with van der Waals surface area (Å²) < 4.78 is 58.3. The molecule has 5 aromatic rings. The minimum Gasteiger partial charge on any atom is -0.274 e. The lowest BCUT2D eigenvalue weighted by molar-refractivity contribution is 0.546. The van der Waals surface area contributed by atoms with Crippen LogP contribution in [0.4, 0.5) is 0 Å². The van der Waals surface area contributed by atoms with Gasteiger partial charge in [0.15, 0.2) is 11.3 Å². The summed E-state index contributed by atoms with van der Waals surface area (Å²) in [7, 11) is -7.66. The molecule has 0 aliphatic heterocycles. The van der Waals surface area contributed by atoms with Crippen molar-refractivity contribution in [3.63, 3.8) is 0 Å². The standard InChI is InChI=1S/C25H23ClN6O4S2/c1-16-6-10-19(11-7-16)38(35,36)31-13-12-21-25(31)27-15-23-28-29-24(32(21)23)17-8-9-18(14-17)30-37(33,34)22-5-3-2-4-20(22)26/h2-7,10-13,15,17-18,30H,8-9,14H2,1H3/t17-,18-/m0/s1. The monoisotopic (exact) mass is 570 g/mol. The molecule has 1 aliphatic rings. The van der Waals surface area contributed by atoms with Crippen LogP contribution in [0.15, 0.2) is 76.8 Å². The Hall–Kier alpha value is -3.32. The van der Waals surface area contributed by atoms with Gasteiger partial charge >= 0.3 is 0 Å². The SMILES string of the molecule is Cc1ccc(S(=O)(=O)n2ccc3c2ncc2nnc([C@H]4CC[C@H](NS(=O)(=O)c5ccccc5Cl)C4)n23)cc1. The van der Waals surface area contributed by atoms with Gasteiger partial charge in [-0.05, 0) is 56.5 Å². The molecule has 0 amide bonds. The van der Waals surface area contributed by atoms with Crippen LogP contribution in [0.2, 0.25) is 5.02 Å². The molecule has 13 heteroatoms. The fourth-order valence-electron chi connectivity index (χ4n) is 5.00. The average molecular weight is 571 g/mol. The van der Waals surface area contributed by atoms with E-state index in [4.69, 9.17) is 11.6 Å². The van der Waals surface area contributed by atoms with Crippen LogP contribution in [0.1, 0.15) is 36.6 Å². The second-order valence-electron chi connectivity index (χ2n) is 9.41. The number of nitrogens with zero attached hydrogens (tertiary/aromatic N) is 5. The summed E-state index contributed by atoms with van der Waals surface area (Å²) in [5.41, 5.74) is 2.25. The van der Waals surface area contributed by atoms with E-state index in [1.54, 1.807) is 52.9 Å². The van der Waals surface area contributed by atoms with Crippen molar-refractivity contribution in [1.82, 2.24) is 28.3 Å². The van der Waals surface area contributed by atoms with Gasteiger partial charge in [0, 0.05) is 18.2 Å². The van der Waals surface area contributed by atoms with Crippen LogP contribution in [-0.4, -0.2) is 46.4 Å². The lowest BCUT2D eigenvalue weighted by atomic mass is 10.1. The summed E-state index contributed by atoms with van der Waals surface area (Å²) in [6.45, 7) is 1.89. The maximum atomic E-state index is 13.4. The van der Waals surface area contributed by atoms with E-state index in [0.29, 0.717) is 36.3 Å². The van der Waals surface area contributed by atoms with E-state index in [-0.39, 0.29) is 32.4 Å². The van der Waals surface area contributed by atoms with Gasteiger partial charge in [-0.15, -0.1) is 10.2 Å². The van der Waals surface area contributed by atoms with E-state index in [9.17, 15) is 16.8 Å². The molecule has 0 bridgehead atoms. The Kier molecular flexibility index (Phi) is 6.02. The van der Waals surface area contributed by atoms with Crippen LogP contribution in [0.3, 0.4) is 0 Å². The molecule has 1 aliphatic carbocycles. The van der Waals surface area contributed by atoms with E-state index in [1.165, 1.54) is 18.5 Å². The van der Waals surface area contributed by atoms with E-state index in [0.717, 1.165) is 9.54 Å². The van der Waals surface area contributed by atoms with Crippen molar-refractivity contribution in [1.29, 1.82) is 0 Å². The fourth-order valence-corrected chi connectivity index (χ4v) is 8.10. The molecule has 3 heterocycles. The van der Waals surface area contributed by atoms with Gasteiger partial charge in [0.2, 0.25) is 10.0 Å². The van der Waals surface area contributed by atoms with E-state index < -0.39 is 20.0 Å². The third-order valence-electron chi connectivity index (χ3n) is 6.89. The highest BCUT2D eigenvalue weighted by atomic mass is 35.5. The van der Waals surface area contributed by atoms with Crippen LogP contribution in [-0.2, 0) is 20.0 Å². The summed E-state index contributed by atoms with van der Waals surface area (Å²) in [5.74, 6) is 0.545. The third-order valence-corrected chi connectivity index (χ3v) is 10.6. The highest BCUT2D eigenvalue weighted by molar-refractivity contribution is 7.90. The molecule has 10 nitrogen and oxygen atoms in total. The van der Waals surface area contributed by atoms with Gasteiger partial charge in [-0.2, -0.15) is 0 Å². The van der Waals surface area contributed by atoms with Crippen molar-refractivity contribution >= 4 is 48.5 Å². The average Bonchev–Trinajstić information content (AvgIpc) is 3.62.